The number of thiazole rings is 1. The van der Waals surface area contributed by atoms with Gasteiger partial charge in [0.25, 0.3) is 11.5 Å². The van der Waals surface area contributed by atoms with E-state index in [0.29, 0.717) is 17.1 Å². The predicted molar refractivity (Wildman–Crippen MR) is 76.2 cm³/mol. The van der Waals surface area contributed by atoms with Crippen molar-refractivity contribution in [2.75, 3.05) is 5.32 Å². The van der Waals surface area contributed by atoms with Gasteiger partial charge >= 0.3 is 0 Å². The van der Waals surface area contributed by atoms with Gasteiger partial charge in [-0.15, -0.1) is 0 Å². The number of anilines is 1. The van der Waals surface area contributed by atoms with E-state index in [1.165, 1.54) is 23.0 Å². The molecule has 0 saturated carbocycles. The Morgan fingerprint density at radius 1 is 1.65 bits per heavy atom. The van der Waals surface area contributed by atoms with Crippen molar-refractivity contribution in [3.8, 4) is 6.07 Å². The Bertz CT molecular complexity index is 760. The normalized spacial score (nSPS) is 10.1. The first kappa shape index (κ1) is 14.2. The summed E-state index contributed by atoms with van der Waals surface area (Å²) in [4.78, 5) is 27.7. The largest absolute Gasteiger partial charge is 0.320 e. The molecule has 2 rings (SSSR count). The lowest BCUT2D eigenvalue weighted by Gasteiger charge is -2.08. The lowest BCUT2D eigenvalue weighted by Crippen LogP contribution is -2.21. The van der Waals surface area contributed by atoms with Crippen molar-refractivity contribution in [1.82, 2.24) is 9.55 Å². The SMILES string of the molecule is CCn1cc(NC(=O)c2cnc(C#N)s2)cc(Cl)c1=O. The second-order valence-electron chi connectivity index (χ2n) is 3.76. The summed E-state index contributed by atoms with van der Waals surface area (Å²) in [6.45, 7) is 2.24. The van der Waals surface area contributed by atoms with Crippen LogP contribution < -0.4 is 10.9 Å². The molecule has 0 radical (unpaired) electrons. The zero-order valence-corrected chi connectivity index (χ0v) is 12.0. The molecule has 2 aromatic rings. The first-order valence-electron chi connectivity index (χ1n) is 5.62. The van der Waals surface area contributed by atoms with Crippen molar-refractivity contribution in [2.45, 2.75) is 13.5 Å². The Balaban J connectivity index is 2.26. The topological polar surface area (TPSA) is 87.8 Å². The van der Waals surface area contributed by atoms with Crippen molar-refractivity contribution in [2.24, 2.45) is 0 Å². The Morgan fingerprint density at radius 2 is 2.40 bits per heavy atom. The molecule has 0 saturated heterocycles. The molecule has 6 nitrogen and oxygen atoms in total. The zero-order valence-electron chi connectivity index (χ0n) is 10.4. The maximum atomic E-state index is 12.0. The van der Waals surface area contributed by atoms with Gasteiger partial charge in [-0.25, -0.2) is 4.98 Å². The van der Waals surface area contributed by atoms with Crippen LogP contribution in [0.4, 0.5) is 5.69 Å². The molecule has 0 aliphatic heterocycles. The second-order valence-corrected chi connectivity index (χ2v) is 5.20. The standard InChI is InChI=1S/C12H9ClN4O2S/c1-2-17-6-7(3-8(13)12(17)19)16-11(18)9-5-15-10(4-14)20-9/h3,5-6H,2H2,1H3,(H,16,18). The summed E-state index contributed by atoms with van der Waals surface area (Å²) in [7, 11) is 0. The number of pyridine rings is 1. The minimum absolute atomic E-state index is 0.0340. The molecule has 1 N–H and O–H groups in total. The van der Waals surface area contributed by atoms with Crippen LogP contribution in [-0.4, -0.2) is 15.5 Å². The van der Waals surface area contributed by atoms with Gasteiger partial charge in [-0.3, -0.25) is 9.59 Å². The van der Waals surface area contributed by atoms with Crippen molar-refractivity contribution < 1.29 is 4.79 Å². The molecule has 102 valence electrons. The average molecular weight is 309 g/mol. The van der Waals surface area contributed by atoms with Crippen molar-refractivity contribution in [3.63, 3.8) is 0 Å². The molecule has 0 spiro atoms. The number of rotatable bonds is 3. The quantitative estimate of drug-likeness (QED) is 0.940. The maximum absolute atomic E-state index is 12.0. The number of hydrogen-bond acceptors (Lipinski definition) is 5. The van der Waals surface area contributed by atoms with E-state index in [-0.39, 0.29) is 15.6 Å². The van der Waals surface area contributed by atoms with E-state index in [0.717, 1.165) is 11.3 Å². The van der Waals surface area contributed by atoms with Crippen LogP contribution >= 0.6 is 22.9 Å². The number of aryl methyl sites for hydroxylation is 1. The zero-order chi connectivity index (χ0) is 14.7. The van der Waals surface area contributed by atoms with Gasteiger partial charge in [-0.2, -0.15) is 5.26 Å². The molecule has 2 heterocycles. The van der Waals surface area contributed by atoms with Crippen molar-refractivity contribution in [3.05, 3.63) is 43.7 Å². The highest BCUT2D eigenvalue weighted by molar-refractivity contribution is 7.14. The lowest BCUT2D eigenvalue weighted by atomic mass is 10.3. The van der Waals surface area contributed by atoms with Crippen LogP contribution in [0.1, 0.15) is 21.6 Å². The van der Waals surface area contributed by atoms with Crippen molar-refractivity contribution >= 4 is 34.5 Å². The van der Waals surface area contributed by atoms with Gasteiger partial charge in [0.15, 0.2) is 5.01 Å². The Labute approximate surface area is 123 Å². The van der Waals surface area contributed by atoms with Crippen LogP contribution in [0.15, 0.2) is 23.3 Å². The highest BCUT2D eigenvalue weighted by Crippen LogP contribution is 2.16. The minimum Gasteiger partial charge on any atom is -0.320 e. The van der Waals surface area contributed by atoms with Crippen LogP contribution in [0.5, 0.6) is 0 Å². The first-order valence-corrected chi connectivity index (χ1v) is 6.82. The summed E-state index contributed by atoms with van der Waals surface area (Å²) >= 11 is 6.81. The van der Waals surface area contributed by atoms with Gasteiger partial charge in [0.2, 0.25) is 0 Å². The molecule has 2 aromatic heterocycles. The highest BCUT2D eigenvalue weighted by atomic mass is 35.5. The predicted octanol–water partition coefficient (Wildman–Crippen LogP) is 2.10. The molecule has 0 fully saturated rings. The summed E-state index contributed by atoms with van der Waals surface area (Å²) in [5.74, 6) is -0.402. The highest BCUT2D eigenvalue weighted by Gasteiger charge is 2.12. The van der Waals surface area contributed by atoms with E-state index in [2.05, 4.69) is 10.3 Å². The van der Waals surface area contributed by atoms with Crippen LogP contribution in [0.25, 0.3) is 0 Å². The van der Waals surface area contributed by atoms with E-state index >= 15 is 0 Å². The van der Waals surface area contributed by atoms with Gasteiger partial charge in [0.05, 0.1) is 11.9 Å². The lowest BCUT2D eigenvalue weighted by molar-refractivity contribution is 0.103. The fraction of sp³-hybridized carbons (Fsp3) is 0.167. The van der Waals surface area contributed by atoms with Crippen LogP contribution in [0, 0.1) is 11.3 Å². The fourth-order valence-corrected chi connectivity index (χ4v) is 2.36. The number of nitrogens with zero attached hydrogens (tertiary/aromatic N) is 3. The Morgan fingerprint density at radius 3 is 3.00 bits per heavy atom. The van der Waals surface area contributed by atoms with Gasteiger partial charge in [-0.1, -0.05) is 22.9 Å². The second kappa shape index (κ2) is 5.86. The average Bonchev–Trinajstić information content (AvgIpc) is 2.91. The monoisotopic (exact) mass is 308 g/mol. The van der Waals surface area contributed by atoms with Crippen LogP contribution in [0.3, 0.4) is 0 Å². The number of carbonyl (C=O) groups is 1. The van der Waals surface area contributed by atoms with Crippen LogP contribution in [0.2, 0.25) is 5.02 Å². The number of carbonyl (C=O) groups excluding carboxylic acids is 1. The number of nitrogens with one attached hydrogen (secondary N) is 1. The molecule has 0 bridgehead atoms. The van der Waals surface area contributed by atoms with E-state index in [1.807, 2.05) is 6.07 Å². The molecule has 0 aliphatic rings. The molecule has 0 aliphatic carbocycles. The molecule has 8 heteroatoms. The summed E-state index contributed by atoms with van der Waals surface area (Å²) in [6, 6.07) is 3.25. The van der Waals surface area contributed by atoms with Crippen LogP contribution in [-0.2, 0) is 6.54 Å². The molecule has 1 amide bonds. The number of aromatic nitrogens is 2. The number of amides is 1. The molecular weight excluding hydrogens is 300 g/mol. The Hall–Kier alpha value is -2.17. The number of nitriles is 1. The number of halogens is 1. The minimum atomic E-state index is -0.402. The van der Waals surface area contributed by atoms with E-state index in [1.54, 1.807) is 6.92 Å². The van der Waals surface area contributed by atoms with E-state index in [9.17, 15) is 9.59 Å². The third kappa shape index (κ3) is 2.87. The maximum Gasteiger partial charge on any atom is 0.269 e. The molecule has 20 heavy (non-hydrogen) atoms. The van der Waals surface area contributed by atoms with Gasteiger partial charge in [-0.05, 0) is 13.0 Å². The molecule has 0 aromatic carbocycles. The molecule has 0 atom stereocenters. The number of hydrogen-bond donors (Lipinski definition) is 1. The van der Waals surface area contributed by atoms with Gasteiger partial charge in [0, 0.05) is 12.7 Å². The van der Waals surface area contributed by atoms with Gasteiger partial charge < -0.3 is 9.88 Å². The fourth-order valence-electron chi connectivity index (χ4n) is 1.53. The third-order valence-electron chi connectivity index (χ3n) is 2.47. The smallest absolute Gasteiger partial charge is 0.269 e. The summed E-state index contributed by atoms with van der Waals surface area (Å²) in [6.07, 6.45) is 2.84. The van der Waals surface area contributed by atoms with E-state index in [4.69, 9.17) is 16.9 Å². The van der Waals surface area contributed by atoms with Crippen molar-refractivity contribution in [1.29, 1.82) is 5.26 Å². The summed E-state index contributed by atoms with van der Waals surface area (Å²) in [5.41, 5.74) is 0.102. The third-order valence-corrected chi connectivity index (χ3v) is 3.64. The summed E-state index contributed by atoms with van der Waals surface area (Å²) in [5, 5.41) is 11.5. The Kier molecular flexibility index (Phi) is 4.17. The molecule has 0 unspecified atom stereocenters. The molecular formula is C12H9ClN4O2S. The summed E-state index contributed by atoms with van der Waals surface area (Å²) < 4.78 is 1.39. The van der Waals surface area contributed by atoms with E-state index < -0.39 is 5.91 Å². The van der Waals surface area contributed by atoms with Gasteiger partial charge in [0.1, 0.15) is 16.0 Å². The first-order chi connectivity index (χ1) is 9.55.